The van der Waals surface area contributed by atoms with Crippen molar-refractivity contribution < 1.29 is 0 Å². The third kappa shape index (κ3) is 4.12. The van der Waals surface area contributed by atoms with Crippen molar-refractivity contribution in [3.8, 4) is 6.07 Å². The lowest BCUT2D eigenvalue weighted by Gasteiger charge is -1.61. The number of aromatic nitrogens is 2. The largest absolute Gasteiger partial charge is 0.238 e. The number of hydrogen-bond donors (Lipinski definition) is 0. The van der Waals surface area contributed by atoms with Gasteiger partial charge in [-0.05, 0) is 15.9 Å². The van der Waals surface area contributed by atoms with Crippen LogP contribution >= 0.6 is 38.6 Å². The topological polar surface area (TPSA) is 49.6 Å². The van der Waals surface area contributed by atoms with E-state index in [2.05, 4.69) is 25.9 Å². The first kappa shape index (κ1) is 10.3. The predicted molar refractivity (Wildman–Crippen MR) is 56.6 cm³/mol. The van der Waals surface area contributed by atoms with Crippen LogP contribution in [0.1, 0.15) is 5.01 Å². The van der Waals surface area contributed by atoms with Crippen molar-refractivity contribution in [2.24, 2.45) is 0 Å². The van der Waals surface area contributed by atoms with E-state index in [-0.39, 0.29) is 0 Å². The van der Waals surface area contributed by atoms with E-state index in [9.17, 15) is 0 Å². The normalized spacial score (nSPS) is 8.31. The molecule has 0 radical (unpaired) electrons. The van der Waals surface area contributed by atoms with Gasteiger partial charge in [0.2, 0.25) is 0 Å². The van der Waals surface area contributed by atoms with Crippen molar-refractivity contribution in [1.82, 2.24) is 9.97 Å². The van der Waals surface area contributed by atoms with Gasteiger partial charge in [0.15, 0.2) is 8.92 Å². The fourth-order valence-corrected chi connectivity index (χ4v) is 1.71. The lowest BCUT2D eigenvalue weighted by molar-refractivity contribution is 1.35. The molecule has 13 heavy (non-hydrogen) atoms. The first-order chi connectivity index (χ1) is 6.33. The van der Waals surface area contributed by atoms with Gasteiger partial charge in [-0.3, -0.25) is 0 Å². The Labute approximate surface area is 91.8 Å². The smallest absolute Gasteiger partial charge is 0.194 e. The van der Waals surface area contributed by atoms with Gasteiger partial charge < -0.3 is 0 Å². The summed E-state index contributed by atoms with van der Waals surface area (Å²) in [6.45, 7) is 0. The second kappa shape index (κ2) is 5.80. The third-order valence-electron chi connectivity index (χ3n) is 0.930. The van der Waals surface area contributed by atoms with Crippen molar-refractivity contribution in [3.05, 3.63) is 32.1 Å². The maximum absolute atomic E-state index is 8.12. The van der Waals surface area contributed by atoms with Gasteiger partial charge in [0, 0.05) is 23.2 Å². The molecule has 0 aromatic carbocycles. The van der Waals surface area contributed by atoms with Crippen LogP contribution in [0.5, 0.6) is 0 Å². The van der Waals surface area contributed by atoms with Gasteiger partial charge in [0.05, 0.1) is 0 Å². The highest BCUT2D eigenvalue weighted by atomic mass is 79.9. The zero-order valence-corrected chi connectivity index (χ0v) is 9.56. The van der Waals surface area contributed by atoms with E-state index in [4.69, 9.17) is 5.26 Å². The quantitative estimate of drug-likeness (QED) is 0.742. The van der Waals surface area contributed by atoms with Crippen LogP contribution in [-0.2, 0) is 0 Å². The number of thiazole rings is 2. The molecule has 0 saturated heterocycles. The first-order valence-electron chi connectivity index (χ1n) is 3.17. The molecule has 2 aromatic heterocycles. The zero-order chi connectivity index (χ0) is 9.52. The van der Waals surface area contributed by atoms with Gasteiger partial charge >= 0.3 is 0 Å². The van der Waals surface area contributed by atoms with Gasteiger partial charge in [-0.25, -0.2) is 9.97 Å². The molecule has 0 amide bonds. The van der Waals surface area contributed by atoms with Crippen molar-refractivity contribution >= 4 is 38.6 Å². The molecule has 0 spiro atoms. The Bertz CT molecular complexity index is 363. The summed E-state index contributed by atoms with van der Waals surface area (Å²) in [6.07, 6.45) is 3.37. The minimum absolute atomic E-state index is 0.528. The zero-order valence-electron chi connectivity index (χ0n) is 6.35. The average Bonchev–Trinajstić information content (AvgIpc) is 2.76. The summed E-state index contributed by atoms with van der Waals surface area (Å²) < 4.78 is 0.947. The van der Waals surface area contributed by atoms with Gasteiger partial charge in [-0.1, -0.05) is 0 Å². The molecule has 0 saturated carbocycles. The maximum Gasteiger partial charge on any atom is 0.194 e. The molecule has 66 valence electrons. The maximum atomic E-state index is 8.12. The van der Waals surface area contributed by atoms with E-state index in [0.29, 0.717) is 5.01 Å². The molecule has 0 atom stereocenters. The Morgan fingerprint density at radius 2 is 1.92 bits per heavy atom. The Kier molecular flexibility index (Phi) is 4.60. The second-order valence-corrected chi connectivity index (χ2v) is 4.80. The van der Waals surface area contributed by atoms with E-state index in [1.165, 1.54) is 11.3 Å². The van der Waals surface area contributed by atoms with Crippen LogP contribution in [0.25, 0.3) is 0 Å². The molecule has 2 rings (SSSR count). The molecule has 0 unspecified atom stereocenters. The summed E-state index contributed by atoms with van der Waals surface area (Å²) in [4.78, 5) is 7.54. The van der Waals surface area contributed by atoms with Crippen molar-refractivity contribution in [1.29, 1.82) is 5.26 Å². The Morgan fingerprint density at radius 3 is 2.15 bits per heavy atom. The van der Waals surface area contributed by atoms with Gasteiger partial charge in [-0.2, -0.15) is 5.26 Å². The summed E-state index contributed by atoms with van der Waals surface area (Å²) in [5.74, 6) is 0. The number of nitriles is 1. The molecular formula is C7H4BrN3S2. The molecule has 2 aromatic rings. The van der Waals surface area contributed by atoms with Crippen LogP contribution in [-0.4, -0.2) is 9.97 Å². The van der Waals surface area contributed by atoms with Crippen LogP contribution in [0.3, 0.4) is 0 Å². The summed E-state index contributed by atoms with van der Waals surface area (Å²) in [5, 5.41) is 12.3. The molecule has 0 aliphatic heterocycles. The molecule has 6 heteroatoms. The van der Waals surface area contributed by atoms with E-state index < -0.39 is 0 Å². The molecule has 0 fully saturated rings. The van der Waals surface area contributed by atoms with Crippen LogP contribution < -0.4 is 0 Å². The van der Waals surface area contributed by atoms with Crippen LogP contribution in [0.4, 0.5) is 0 Å². The molecule has 0 bridgehead atoms. The second-order valence-electron chi connectivity index (χ2n) is 1.73. The lowest BCUT2D eigenvalue weighted by Crippen LogP contribution is -1.61. The average molecular weight is 274 g/mol. The minimum Gasteiger partial charge on any atom is -0.238 e. The first-order valence-corrected chi connectivity index (χ1v) is 5.72. The van der Waals surface area contributed by atoms with Crippen LogP contribution in [0.15, 0.2) is 27.1 Å². The monoisotopic (exact) mass is 273 g/mol. The molecule has 2 heterocycles. The van der Waals surface area contributed by atoms with Gasteiger partial charge in [0.25, 0.3) is 0 Å². The van der Waals surface area contributed by atoms with Crippen LogP contribution in [0, 0.1) is 11.3 Å². The number of halogens is 1. The highest BCUT2D eigenvalue weighted by Gasteiger charge is 1.84. The molecular weight excluding hydrogens is 270 g/mol. The summed E-state index contributed by atoms with van der Waals surface area (Å²) >= 11 is 6.12. The molecule has 0 aliphatic rings. The highest BCUT2D eigenvalue weighted by Crippen LogP contribution is 2.10. The highest BCUT2D eigenvalue weighted by molar-refractivity contribution is 9.11. The fraction of sp³-hybridized carbons (Fsp3) is 0. The van der Waals surface area contributed by atoms with E-state index in [1.54, 1.807) is 29.1 Å². The predicted octanol–water partition coefficient (Wildman–Crippen LogP) is 2.92. The number of nitrogens with zero attached hydrogens (tertiary/aromatic N) is 3. The van der Waals surface area contributed by atoms with Crippen molar-refractivity contribution in [2.75, 3.05) is 0 Å². The van der Waals surface area contributed by atoms with Gasteiger partial charge in [0.1, 0.15) is 6.07 Å². The van der Waals surface area contributed by atoms with Crippen LogP contribution in [0.2, 0.25) is 0 Å². The van der Waals surface area contributed by atoms with E-state index >= 15 is 0 Å². The Balaban J connectivity index is 0.000000132. The van der Waals surface area contributed by atoms with Crippen molar-refractivity contribution in [2.45, 2.75) is 0 Å². The third-order valence-corrected chi connectivity index (χ3v) is 2.93. The molecule has 3 nitrogen and oxygen atoms in total. The number of hydrogen-bond acceptors (Lipinski definition) is 5. The minimum atomic E-state index is 0.528. The SMILES string of the molecule is Brc1nccs1.N#Cc1nccs1. The Hall–Kier alpha value is -0.770. The van der Waals surface area contributed by atoms with Crippen molar-refractivity contribution in [3.63, 3.8) is 0 Å². The van der Waals surface area contributed by atoms with E-state index in [1.807, 2.05) is 11.4 Å². The van der Waals surface area contributed by atoms with E-state index in [0.717, 1.165) is 3.92 Å². The summed E-state index contributed by atoms with van der Waals surface area (Å²) in [7, 11) is 0. The molecule has 0 N–H and O–H groups in total. The fourth-order valence-electron chi connectivity index (χ4n) is 0.485. The number of rotatable bonds is 0. The van der Waals surface area contributed by atoms with Gasteiger partial charge in [-0.15, -0.1) is 22.7 Å². The lowest BCUT2D eigenvalue weighted by atomic mass is 10.8. The molecule has 0 aliphatic carbocycles. The Morgan fingerprint density at radius 1 is 1.23 bits per heavy atom. The standard InChI is InChI=1S/C4H2N2S.C3H2BrNS/c5-3-4-6-1-2-7-4;4-3-5-1-2-6-3/h1-2H;1-2H. The summed E-state index contributed by atoms with van der Waals surface area (Å²) in [5.41, 5.74) is 0. The summed E-state index contributed by atoms with van der Waals surface area (Å²) in [6, 6.07) is 1.91.